The first kappa shape index (κ1) is 15.7. The van der Waals surface area contributed by atoms with Crippen molar-refractivity contribution in [3.05, 3.63) is 31.9 Å². The number of aryl methyl sites for hydroxylation is 1. The van der Waals surface area contributed by atoms with Crippen LogP contribution in [0.15, 0.2) is 15.7 Å². The Morgan fingerprint density at radius 3 is 2.43 bits per heavy atom. The maximum absolute atomic E-state index is 12.5. The summed E-state index contributed by atoms with van der Waals surface area (Å²) in [5.74, 6) is 0.741. The van der Waals surface area contributed by atoms with Crippen LogP contribution in [-0.2, 0) is 13.6 Å². The summed E-state index contributed by atoms with van der Waals surface area (Å²) >= 11 is 11.9. The Morgan fingerprint density at radius 1 is 1.24 bits per heavy atom. The van der Waals surface area contributed by atoms with E-state index in [1.165, 1.54) is 18.8 Å². The molecule has 0 radical (unpaired) electrons. The van der Waals surface area contributed by atoms with Crippen LogP contribution in [0.1, 0.15) is 0 Å². The average molecular weight is 333 g/mol. The second kappa shape index (κ2) is 5.99. The average Bonchev–Trinajstić information content (AvgIpc) is 2.48. The van der Waals surface area contributed by atoms with Gasteiger partial charge in [0.1, 0.15) is 5.02 Å². The van der Waals surface area contributed by atoms with Gasteiger partial charge in [-0.2, -0.15) is 0 Å². The van der Waals surface area contributed by atoms with Crippen LogP contribution in [0.25, 0.3) is 10.9 Å². The van der Waals surface area contributed by atoms with Crippen LogP contribution < -0.4 is 20.7 Å². The van der Waals surface area contributed by atoms with E-state index in [-0.39, 0.29) is 28.6 Å². The third-order valence-electron chi connectivity index (χ3n) is 3.24. The van der Waals surface area contributed by atoms with Gasteiger partial charge in [-0.25, -0.2) is 4.79 Å². The monoisotopic (exact) mass is 332 g/mol. The molecule has 0 spiro atoms. The fourth-order valence-electron chi connectivity index (χ4n) is 2.19. The number of nitrogens with zero attached hydrogens (tertiary/aromatic N) is 2. The van der Waals surface area contributed by atoms with Gasteiger partial charge in [0.15, 0.2) is 11.5 Å². The minimum absolute atomic E-state index is 0.105. The highest BCUT2D eigenvalue weighted by Gasteiger charge is 2.20. The highest BCUT2D eigenvalue weighted by Crippen LogP contribution is 2.39. The lowest BCUT2D eigenvalue weighted by Gasteiger charge is -2.15. The summed E-state index contributed by atoms with van der Waals surface area (Å²) in [6, 6.07) is 1.55. The van der Waals surface area contributed by atoms with Crippen LogP contribution in [0.4, 0.5) is 0 Å². The Morgan fingerprint density at radius 2 is 1.90 bits per heavy atom. The van der Waals surface area contributed by atoms with Gasteiger partial charge in [0.2, 0.25) is 0 Å². The van der Waals surface area contributed by atoms with E-state index in [1.807, 2.05) is 0 Å². The number of halogens is 2. The van der Waals surface area contributed by atoms with E-state index in [2.05, 4.69) is 0 Å². The largest absolute Gasteiger partial charge is 0.493 e. The molecular formula is C13H14Cl2N2O4. The van der Waals surface area contributed by atoms with Gasteiger partial charge in [-0.1, -0.05) is 11.6 Å². The van der Waals surface area contributed by atoms with Crippen molar-refractivity contribution in [3.8, 4) is 11.5 Å². The minimum Gasteiger partial charge on any atom is -0.493 e. The molecule has 2 aromatic rings. The molecule has 0 aliphatic carbocycles. The standard InChI is InChI=1S/C13H14Cl2N2O4/c1-16-7-6-8(20-2)11(21-3)10(15)9(7)12(18)17(5-4-14)13(16)19/h6H,4-5H2,1-3H3. The predicted molar refractivity (Wildman–Crippen MR) is 82.3 cm³/mol. The van der Waals surface area contributed by atoms with Crippen LogP contribution in [-0.4, -0.2) is 29.2 Å². The number of hydrogen-bond donors (Lipinski definition) is 0. The lowest BCUT2D eigenvalue weighted by Crippen LogP contribution is -2.39. The molecular weight excluding hydrogens is 319 g/mol. The van der Waals surface area contributed by atoms with Gasteiger partial charge in [0, 0.05) is 25.5 Å². The molecule has 1 heterocycles. The smallest absolute Gasteiger partial charge is 0.331 e. The van der Waals surface area contributed by atoms with E-state index < -0.39 is 11.2 Å². The first-order valence-electron chi connectivity index (χ1n) is 6.07. The molecule has 0 atom stereocenters. The second-order valence-electron chi connectivity index (χ2n) is 4.31. The molecule has 0 amide bonds. The Balaban J connectivity index is 3.05. The molecule has 6 nitrogen and oxygen atoms in total. The minimum atomic E-state index is -0.500. The van der Waals surface area contributed by atoms with Gasteiger partial charge >= 0.3 is 5.69 Å². The Labute approximate surface area is 130 Å². The van der Waals surface area contributed by atoms with Crippen molar-refractivity contribution >= 4 is 34.1 Å². The number of methoxy groups -OCH3 is 2. The number of benzene rings is 1. The first-order chi connectivity index (χ1) is 9.97. The number of fused-ring (bicyclic) bond motifs is 1. The summed E-state index contributed by atoms with van der Waals surface area (Å²) in [4.78, 5) is 24.7. The van der Waals surface area contributed by atoms with E-state index >= 15 is 0 Å². The number of ether oxygens (including phenoxy) is 2. The van der Waals surface area contributed by atoms with Crippen molar-refractivity contribution in [3.63, 3.8) is 0 Å². The van der Waals surface area contributed by atoms with E-state index in [1.54, 1.807) is 13.1 Å². The molecule has 21 heavy (non-hydrogen) atoms. The van der Waals surface area contributed by atoms with E-state index in [9.17, 15) is 9.59 Å². The summed E-state index contributed by atoms with van der Waals surface area (Å²) in [6.07, 6.45) is 0. The molecule has 1 aromatic heterocycles. The fourth-order valence-corrected chi connectivity index (χ4v) is 2.71. The molecule has 0 saturated carbocycles. The zero-order chi connectivity index (χ0) is 15.7. The van der Waals surface area contributed by atoms with Crippen molar-refractivity contribution in [1.82, 2.24) is 9.13 Å². The molecule has 0 bridgehead atoms. The molecule has 0 fully saturated rings. The molecule has 0 saturated heterocycles. The van der Waals surface area contributed by atoms with Crippen molar-refractivity contribution in [2.75, 3.05) is 20.1 Å². The van der Waals surface area contributed by atoms with Crippen molar-refractivity contribution < 1.29 is 9.47 Å². The van der Waals surface area contributed by atoms with Crippen molar-refractivity contribution in [1.29, 1.82) is 0 Å². The summed E-state index contributed by atoms with van der Waals surface area (Å²) in [5, 5.41) is 0.303. The zero-order valence-corrected chi connectivity index (χ0v) is 13.3. The zero-order valence-electron chi connectivity index (χ0n) is 11.8. The van der Waals surface area contributed by atoms with Gasteiger partial charge in [0.05, 0.1) is 25.1 Å². The molecule has 0 N–H and O–H groups in total. The summed E-state index contributed by atoms with van der Waals surface area (Å²) in [6.45, 7) is 0.105. The van der Waals surface area contributed by atoms with E-state index in [0.717, 1.165) is 4.57 Å². The number of aromatic nitrogens is 2. The van der Waals surface area contributed by atoms with Gasteiger partial charge < -0.3 is 9.47 Å². The van der Waals surface area contributed by atoms with E-state index in [4.69, 9.17) is 32.7 Å². The summed E-state index contributed by atoms with van der Waals surface area (Å²) < 4.78 is 12.7. The van der Waals surface area contributed by atoms with Crippen LogP contribution >= 0.6 is 23.2 Å². The van der Waals surface area contributed by atoms with Crippen LogP contribution in [0.3, 0.4) is 0 Å². The lowest BCUT2D eigenvalue weighted by atomic mass is 10.2. The fraction of sp³-hybridized carbons (Fsp3) is 0.385. The van der Waals surface area contributed by atoms with Crippen LogP contribution in [0.2, 0.25) is 5.02 Å². The van der Waals surface area contributed by atoms with Crippen molar-refractivity contribution in [2.45, 2.75) is 6.54 Å². The third-order valence-corrected chi connectivity index (χ3v) is 3.77. The molecule has 0 unspecified atom stereocenters. The molecule has 114 valence electrons. The van der Waals surface area contributed by atoms with Gasteiger partial charge in [0.25, 0.3) is 5.56 Å². The SMILES string of the molecule is COc1cc2c(c(Cl)c1OC)c(=O)n(CCCl)c(=O)n2C. The number of alkyl halides is 1. The Hall–Kier alpha value is -1.66. The van der Waals surface area contributed by atoms with Gasteiger partial charge in [-0.3, -0.25) is 13.9 Å². The highest BCUT2D eigenvalue weighted by atomic mass is 35.5. The number of rotatable bonds is 4. The lowest BCUT2D eigenvalue weighted by molar-refractivity contribution is 0.355. The van der Waals surface area contributed by atoms with Gasteiger partial charge in [-0.05, 0) is 0 Å². The molecule has 0 aliphatic rings. The topological polar surface area (TPSA) is 62.5 Å². The van der Waals surface area contributed by atoms with Crippen LogP contribution in [0, 0.1) is 0 Å². The van der Waals surface area contributed by atoms with Gasteiger partial charge in [-0.15, -0.1) is 11.6 Å². The predicted octanol–water partition coefficient (Wildman–Crippen LogP) is 1.61. The number of hydrogen-bond acceptors (Lipinski definition) is 4. The van der Waals surface area contributed by atoms with Crippen molar-refractivity contribution in [2.24, 2.45) is 7.05 Å². The van der Waals surface area contributed by atoms with E-state index in [0.29, 0.717) is 11.3 Å². The summed E-state index contributed by atoms with van der Waals surface area (Å²) in [7, 11) is 4.43. The van der Waals surface area contributed by atoms with Crippen LogP contribution in [0.5, 0.6) is 11.5 Å². The maximum atomic E-state index is 12.5. The summed E-state index contributed by atoms with van der Waals surface area (Å²) in [5.41, 5.74) is -0.588. The molecule has 1 aromatic carbocycles. The molecule has 8 heteroatoms. The maximum Gasteiger partial charge on any atom is 0.331 e. The normalized spacial score (nSPS) is 10.9. The molecule has 0 aliphatic heterocycles. The third kappa shape index (κ3) is 2.38. The second-order valence-corrected chi connectivity index (χ2v) is 5.06. The quantitative estimate of drug-likeness (QED) is 0.798. The Bertz CT molecular complexity index is 811. The first-order valence-corrected chi connectivity index (χ1v) is 6.99. The molecule has 2 rings (SSSR count). The Kier molecular flexibility index (Phi) is 4.49. The highest BCUT2D eigenvalue weighted by molar-refractivity contribution is 6.37.